The lowest BCUT2D eigenvalue weighted by Gasteiger charge is -2.29. The van der Waals surface area contributed by atoms with Crippen LogP contribution in [-0.4, -0.2) is 35.9 Å². The molecule has 156 valence electrons. The molecule has 29 heavy (non-hydrogen) atoms. The summed E-state index contributed by atoms with van der Waals surface area (Å²) in [6.07, 6.45) is 0.847. The van der Waals surface area contributed by atoms with Gasteiger partial charge in [-0.25, -0.2) is 0 Å². The van der Waals surface area contributed by atoms with E-state index in [1.807, 2.05) is 70.2 Å². The van der Waals surface area contributed by atoms with Crippen molar-refractivity contribution in [3.63, 3.8) is 0 Å². The second-order valence-electron chi connectivity index (χ2n) is 7.46. The first-order chi connectivity index (χ1) is 13.8. The first-order valence-corrected chi connectivity index (χ1v) is 10.1. The van der Waals surface area contributed by atoms with Crippen molar-refractivity contribution >= 4 is 11.8 Å². The standard InChI is InChI=1S/C24H32N2O3/c1-6-13-25-24(28)20(5)26(15-21-11-7-9-17(2)14-21)23(27)16-29-22-12-8-10-18(3)19(22)4/h7-12,14,20H,6,13,15-16H2,1-5H3,(H,25,28)/t20-/m0/s1. The first kappa shape index (κ1) is 22.5. The van der Waals surface area contributed by atoms with Gasteiger partial charge in [0, 0.05) is 13.1 Å². The van der Waals surface area contributed by atoms with Crippen molar-refractivity contribution < 1.29 is 14.3 Å². The van der Waals surface area contributed by atoms with Crippen molar-refractivity contribution in [1.29, 1.82) is 0 Å². The number of carbonyl (C=O) groups is 2. The summed E-state index contributed by atoms with van der Waals surface area (Å²) >= 11 is 0. The topological polar surface area (TPSA) is 58.6 Å². The van der Waals surface area contributed by atoms with Crippen molar-refractivity contribution in [2.24, 2.45) is 0 Å². The van der Waals surface area contributed by atoms with Crippen LogP contribution in [0.4, 0.5) is 0 Å². The van der Waals surface area contributed by atoms with E-state index in [1.165, 1.54) is 0 Å². The van der Waals surface area contributed by atoms with Gasteiger partial charge in [-0.2, -0.15) is 0 Å². The highest BCUT2D eigenvalue weighted by Gasteiger charge is 2.26. The molecule has 0 aliphatic rings. The molecular formula is C24H32N2O3. The largest absolute Gasteiger partial charge is 0.483 e. The first-order valence-electron chi connectivity index (χ1n) is 10.1. The van der Waals surface area contributed by atoms with Gasteiger partial charge < -0.3 is 15.0 Å². The highest BCUT2D eigenvalue weighted by atomic mass is 16.5. The Morgan fingerprint density at radius 2 is 1.83 bits per heavy atom. The van der Waals surface area contributed by atoms with Crippen molar-refractivity contribution in [2.75, 3.05) is 13.2 Å². The third-order valence-electron chi connectivity index (χ3n) is 5.06. The van der Waals surface area contributed by atoms with Crippen LogP contribution in [0.2, 0.25) is 0 Å². The molecular weight excluding hydrogens is 364 g/mol. The summed E-state index contributed by atoms with van der Waals surface area (Å²) in [5.41, 5.74) is 4.22. The van der Waals surface area contributed by atoms with Crippen molar-refractivity contribution in [1.82, 2.24) is 10.2 Å². The second kappa shape index (κ2) is 10.6. The molecule has 0 unspecified atom stereocenters. The zero-order valence-corrected chi connectivity index (χ0v) is 18.1. The zero-order valence-electron chi connectivity index (χ0n) is 18.1. The Bertz CT molecular complexity index is 848. The number of nitrogens with one attached hydrogen (secondary N) is 1. The quantitative estimate of drug-likeness (QED) is 0.699. The molecule has 1 N–H and O–H groups in total. The summed E-state index contributed by atoms with van der Waals surface area (Å²) in [6.45, 7) is 10.6. The smallest absolute Gasteiger partial charge is 0.261 e. The minimum atomic E-state index is -0.586. The van der Waals surface area contributed by atoms with Crippen LogP contribution in [0, 0.1) is 20.8 Å². The molecule has 0 bridgehead atoms. The molecule has 0 heterocycles. The summed E-state index contributed by atoms with van der Waals surface area (Å²) in [7, 11) is 0. The van der Waals surface area contributed by atoms with E-state index in [2.05, 4.69) is 5.32 Å². The molecule has 2 rings (SSSR count). The van der Waals surface area contributed by atoms with Crippen LogP contribution in [0.15, 0.2) is 42.5 Å². The number of carbonyl (C=O) groups excluding carboxylic acids is 2. The van der Waals surface area contributed by atoms with Crippen LogP contribution in [-0.2, 0) is 16.1 Å². The van der Waals surface area contributed by atoms with Crippen LogP contribution in [0.25, 0.3) is 0 Å². The van der Waals surface area contributed by atoms with E-state index in [0.29, 0.717) is 18.8 Å². The van der Waals surface area contributed by atoms with E-state index in [1.54, 1.807) is 11.8 Å². The molecule has 1 atom stereocenters. The van der Waals surface area contributed by atoms with E-state index in [4.69, 9.17) is 4.74 Å². The van der Waals surface area contributed by atoms with Crippen LogP contribution in [0.1, 0.15) is 42.5 Å². The second-order valence-corrected chi connectivity index (χ2v) is 7.46. The Morgan fingerprint density at radius 3 is 2.52 bits per heavy atom. The Kier molecular flexibility index (Phi) is 8.25. The number of nitrogens with zero attached hydrogens (tertiary/aromatic N) is 1. The minimum Gasteiger partial charge on any atom is -0.483 e. The van der Waals surface area contributed by atoms with E-state index in [0.717, 1.165) is 28.7 Å². The van der Waals surface area contributed by atoms with Gasteiger partial charge in [-0.15, -0.1) is 0 Å². The number of benzene rings is 2. The van der Waals surface area contributed by atoms with E-state index < -0.39 is 6.04 Å². The number of aryl methyl sites for hydroxylation is 2. The van der Waals surface area contributed by atoms with E-state index in [-0.39, 0.29) is 18.4 Å². The maximum Gasteiger partial charge on any atom is 0.261 e. The van der Waals surface area contributed by atoms with Crippen LogP contribution in [0.5, 0.6) is 5.75 Å². The lowest BCUT2D eigenvalue weighted by molar-refractivity contribution is -0.142. The fourth-order valence-corrected chi connectivity index (χ4v) is 3.09. The molecule has 0 aromatic heterocycles. The molecule has 5 heteroatoms. The van der Waals surface area contributed by atoms with Crippen LogP contribution >= 0.6 is 0 Å². The number of amides is 2. The van der Waals surface area contributed by atoms with Gasteiger partial charge in [0.05, 0.1) is 0 Å². The molecule has 2 amide bonds. The molecule has 0 aliphatic carbocycles. The maximum atomic E-state index is 13.0. The lowest BCUT2D eigenvalue weighted by Crippen LogP contribution is -2.49. The normalized spacial score (nSPS) is 11.6. The van der Waals surface area contributed by atoms with E-state index >= 15 is 0 Å². The summed E-state index contributed by atoms with van der Waals surface area (Å²) in [5, 5.41) is 2.88. The van der Waals surface area contributed by atoms with Crippen LogP contribution in [0.3, 0.4) is 0 Å². The molecule has 0 spiro atoms. The summed E-state index contributed by atoms with van der Waals surface area (Å²) < 4.78 is 5.81. The zero-order chi connectivity index (χ0) is 21.4. The molecule has 0 aliphatic heterocycles. The highest BCUT2D eigenvalue weighted by molar-refractivity contribution is 5.88. The number of ether oxygens (including phenoxy) is 1. The molecule has 0 radical (unpaired) electrons. The molecule has 0 fully saturated rings. The van der Waals surface area contributed by atoms with Gasteiger partial charge in [0.15, 0.2) is 6.61 Å². The predicted octanol–water partition coefficient (Wildman–Crippen LogP) is 3.93. The fraction of sp³-hybridized carbons (Fsp3) is 0.417. The van der Waals surface area contributed by atoms with Crippen molar-refractivity contribution in [3.8, 4) is 5.75 Å². The molecule has 0 saturated heterocycles. The predicted molar refractivity (Wildman–Crippen MR) is 116 cm³/mol. The SMILES string of the molecule is CCCNC(=O)[C@H](C)N(Cc1cccc(C)c1)C(=O)COc1cccc(C)c1C. The molecule has 5 nitrogen and oxygen atoms in total. The van der Waals surface area contributed by atoms with Crippen molar-refractivity contribution in [3.05, 3.63) is 64.7 Å². The Labute approximate surface area is 174 Å². The average Bonchev–Trinajstić information content (AvgIpc) is 2.70. The Hall–Kier alpha value is -2.82. The summed E-state index contributed by atoms with van der Waals surface area (Å²) in [6, 6.07) is 13.2. The van der Waals surface area contributed by atoms with Gasteiger partial charge in [0.1, 0.15) is 11.8 Å². The van der Waals surface area contributed by atoms with Gasteiger partial charge in [-0.05, 0) is 56.9 Å². The average molecular weight is 397 g/mol. The number of hydrogen-bond donors (Lipinski definition) is 1. The van der Waals surface area contributed by atoms with Gasteiger partial charge in [0.2, 0.25) is 5.91 Å². The van der Waals surface area contributed by atoms with Gasteiger partial charge in [-0.3, -0.25) is 9.59 Å². The van der Waals surface area contributed by atoms with Crippen molar-refractivity contribution in [2.45, 2.75) is 53.6 Å². The summed E-state index contributed by atoms with van der Waals surface area (Å²) in [5.74, 6) is 0.322. The van der Waals surface area contributed by atoms with Gasteiger partial charge >= 0.3 is 0 Å². The Balaban J connectivity index is 2.17. The van der Waals surface area contributed by atoms with Crippen LogP contribution < -0.4 is 10.1 Å². The summed E-state index contributed by atoms with van der Waals surface area (Å²) in [4.78, 5) is 27.2. The number of hydrogen-bond acceptors (Lipinski definition) is 3. The fourth-order valence-electron chi connectivity index (χ4n) is 3.09. The van der Waals surface area contributed by atoms with Gasteiger partial charge in [0.25, 0.3) is 5.91 Å². The molecule has 2 aromatic rings. The maximum absolute atomic E-state index is 13.0. The Morgan fingerprint density at radius 1 is 1.10 bits per heavy atom. The molecule has 0 saturated carbocycles. The monoisotopic (exact) mass is 396 g/mol. The van der Waals surface area contributed by atoms with E-state index in [9.17, 15) is 9.59 Å². The third-order valence-corrected chi connectivity index (χ3v) is 5.06. The minimum absolute atomic E-state index is 0.110. The van der Waals surface area contributed by atoms with Gasteiger partial charge in [-0.1, -0.05) is 48.9 Å². The highest BCUT2D eigenvalue weighted by Crippen LogP contribution is 2.21. The number of rotatable bonds is 9. The third kappa shape index (κ3) is 6.34. The lowest BCUT2D eigenvalue weighted by atomic mass is 10.1. The molecule has 2 aromatic carbocycles.